The van der Waals surface area contributed by atoms with E-state index in [-0.39, 0.29) is 12.0 Å². The van der Waals surface area contributed by atoms with Gasteiger partial charge in [0, 0.05) is 24.7 Å². The number of rotatable bonds is 6. The van der Waals surface area contributed by atoms with Crippen molar-refractivity contribution in [2.24, 2.45) is 0 Å². The molecule has 0 unspecified atom stereocenters. The SMILES string of the molecule is COc1ccc(N2CCOCC2)c(NC(=O)c2cccc(OC(C)C)c2)c1. The second-order valence-corrected chi connectivity index (χ2v) is 6.63. The molecule has 0 spiro atoms. The minimum atomic E-state index is -0.188. The van der Waals surface area contributed by atoms with Gasteiger partial charge in [-0.2, -0.15) is 0 Å². The molecule has 0 radical (unpaired) electrons. The summed E-state index contributed by atoms with van der Waals surface area (Å²) >= 11 is 0. The Bertz CT molecular complexity index is 786. The van der Waals surface area contributed by atoms with Crippen LogP contribution < -0.4 is 19.7 Å². The third-order valence-corrected chi connectivity index (χ3v) is 4.27. The van der Waals surface area contributed by atoms with Gasteiger partial charge in [0.25, 0.3) is 5.91 Å². The highest BCUT2D eigenvalue weighted by Crippen LogP contribution is 2.31. The molecule has 2 aromatic rings. The van der Waals surface area contributed by atoms with Crippen LogP contribution in [0.25, 0.3) is 0 Å². The molecule has 27 heavy (non-hydrogen) atoms. The molecule has 1 heterocycles. The van der Waals surface area contributed by atoms with E-state index < -0.39 is 0 Å². The summed E-state index contributed by atoms with van der Waals surface area (Å²) in [6.45, 7) is 6.83. The summed E-state index contributed by atoms with van der Waals surface area (Å²) in [6, 6.07) is 12.9. The van der Waals surface area contributed by atoms with Crippen LogP contribution in [0.3, 0.4) is 0 Å². The van der Waals surface area contributed by atoms with Gasteiger partial charge in [0.2, 0.25) is 0 Å². The molecule has 0 bridgehead atoms. The molecule has 144 valence electrons. The van der Waals surface area contributed by atoms with E-state index in [2.05, 4.69) is 10.2 Å². The van der Waals surface area contributed by atoms with Crippen LogP contribution in [0.15, 0.2) is 42.5 Å². The van der Waals surface area contributed by atoms with E-state index in [1.807, 2.05) is 44.2 Å². The van der Waals surface area contributed by atoms with E-state index in [9.17, 15) is 4.79 Å². The molecule has 0 saturated carbocycles. The second kappa shape index (κ2) is 8.77. The molecule has 1 amide bonds. The van der Waals surface area contributed by atoms with Gasteiger partial charge in [0.05, 0.1) is 37.8 Å². The van der Waals surface area contributed by atoms with Crippen LogP contribution >= 0.6 is 0 Å². The molecule has 2 aromatic carbocycles. The summed E-state index contributed by atoms with van der Waals surface area (Å²) in [4.78, 5) is 15.0. The Balaban J connectivity index is 1.84. The number of nitrogens with zero attached hydrogens (tertiary/aromatic N) is 1. The number of hydrogen-bond donors (Lipinski definition) is 1. The molecule has 1 aliphatic rings. The zero-order chi connectivity index (χ0) is 19.2. The Hall–Kier alpha value is -2.73. The monoisotopic (exact) mass is 370 g/mol. The van der Waals surface area contributed by atoms with Gasteiger partial charge in [-0.15, -0.1) is 0 Å². The summed E-state index contributed by atoms with van der Waals surface area (Å²) in [5.41, 5.74) is 2.22. The molecule has 0 aliphatic carbocycles. The first-order valence-electron chi connectivity index (χ1n) is 9.15. The van der Waals surface area contributed by atoms with Gasteiger partial charge in [0.1, 0.15) is 11.5 Å². The van der Waals surface area contributed by atoms with Gasteiger partial charge in [-0.25, -0.2) is 0 Å². The van der Waals surface area contributed by atoms with Gasteiger partial charge >= 0.3 is 0 Å². The smallest absolute Gasteiger partial charge is 0.255 e. The van der Waals surface area contributed by atoms with E-state index in [4.69, 9.17) is 14.2 Å². The fourth-order valence-electron chi connectivity index (χ4n) is 3.00. The normalized spacial score (nSPS) is 14.1. The molecule has 1 saturated heterocycles. The minimum absolute atomic E-state index is 0.0506. The first kappa shape index (κ1) is 19.0. The lowest BCUT2D eigenvalue weighted by Crippen LogP contribution is -2.36. The maximum atomic E-state index is 12.8. The number of carbonyl (C=O) groups is 1. The second-order valence-electron chi connectivity index (χ2n) is 6.63. The summed E-state index contributed by atoms with van der Waals surface area (Å²) in [5, 5.41) is 3.02. The Morgan fingerprint density at radius 1 is 1.11 bits per heavy atom. The maximum Gasteiger partial charge on any atom is 0.255 e. The largest absolute Gasteiger partial charge is 0.497 e. The van der Waals surface area contributed by atoms with Crippen LogP contribution in [0.5, 0.6) is 11.5 Å². The van der Waals surface area contributed by atoms with Crippen LogP contribution in [0.1, 0.15) is 24.2 Å². The fraction of sp³-hybridized carbons (Fsp3) is 0.381. The van der Waals surface area contributed by atoms with Gasteiger partial charge in [-0.05, 0) is 44.2 Å². The van der Waals surface area contributed by atoms with Crippen LogP contribution in [0.2, 0.25) is 0 Å². The van der Waals surface area contributed by atoms with E-state index in [0.717, 1.165) is 24.5 Å². The average Bonchev–Trinajstić information content (AvgIpc) is 2.68. The van der Waals surface area contributed by atoms with E-state index in [1.54, 1.807) is 19.2 Å². The van der Waals surface area contributed by atoms with Gasteiger partial charge < -0.3 is 24.4 Å². The lowest BCUT2D eigenvalue weighted by atomic mass is 10.1. The lowest BCUT2D eigenvalue weighted by Gasteiger charge is -2.30. The van der Waals surface area contributed by atoms with Crippen molar-refractivity contribution in [1.29, 1.82) is 0 Å². The first-order valence-corrected chi connectivity index (χ1v) is 9.15. The highest BCUT2D eigenvalue weighted by molar-refractivity contribution is 6.06. The summed E-state index contributed by atoms with van der Waals surface area (Å²) in [6.07, 6.45) is 0.0506. The predicted octanol–water partition coefficient (Wildman–Crippen LogP) is 3.57. The van der Waals surface area contributed by atoms with Crippen molar-refractivity contribution < 1.29 is 19.0 Å². The lowest BCUT2D eigenvalue weighted by molar-refractivity contribution is 0.102. The van der Waals surface area contributed by atoms with E-state index in [0.29, 0.717) is 30.3 Å². The summed E-state index contributed by atoms with van der Waals surface area (Å²) in [5.74, 6) is 1.18. The van der Waals surface area contributed by atoms with Crippen molar-refractivity contribution in [3.05, 3.63) is 48.0 Å². The number of carbonyl (C=O) groups excluding carboxylic acids is 1. The van der Waals surface area contributed by atoms with Crippen molar-refractivity contribution >= 4 is 17.3 Å². The molecule has 1 fully saturated rings. The van der Waals surface area contributed by atoms with Gasteiger partial charge in [-0.3, -0.25) is 4.79 Å². The molecular formula is C21H26N2O4. The quantitative estimate of drug-likeness (QED) is 0.842. The molecule has 1 aliphatic heterocycles. The first-order chi connectivity index (χ1) is 13.1. The Morgan fingerprint density at radius 3 is 2.59 bits per heavy atom. The van der Waals surface area contributed by atoms with Gasteiger partial charge in [0.15, 0.2) is 0 Å². The van der Waals surface area contributed by atoms with Gasteiger partial charge in [-0.1, -0.05) is 6.07 Å². The number of morpholine rings is 1. The molecular weight excluding hydrogens is 344 g/mol. The zero-order valence-corrected chi connectivity index (χ0v) is 16.0. The van der Waals surface area contributed by atoms with Crippen molar-refractivity contribution in [3.8, 4) is 11.5 Å². The standard InChI is InChI=1S/C21H26N2O4/c1-15(2)27-18-6-4-5-16(13-18)21(24)22-19-14-17(25-3)7-8-20(19)23-9-11-26-12-10-23/h4-8,13-15H,9-12H2,1-3H3,(H,22,24). The molecule has 6 heteroatoms. The number of anilines is 2. The Kier molecular flexibility index (Phi) is 6.19. The Morgan fingerprint density at radius 2 is 1.89 bits per heavy atom. The highest BCUT2D eigenvalue weighted by atomic mass is 16.5. The molecule has 1 N–H and O–H groups in total. The van der Waals surface area contributed by atoms with Crippen molar-refractivity contribution in [2.45, 2.75) is 20.0 Å². The number of methoxy groups -OCH3 is 1. The summed E-state index contributed by atoms with van der Waals surface area (Å²) < 4.78 is 16.5. The van der Waals surface area contributed by atoms with E-state index >= 15 is 0 Å². The van der Waals surface area contributed by atoms with Crippen LogP contribution in [-0.4, -0.2) is 45.4 Å². The van der Waals surface area contributed by atoms with Crippen molar-refractivity contribution in [2.75, 3.05) is 43.6 Å². The van der Waals surface area contributed by atoms with Crippen LogP contribution in [-0.2, 0) is 4.74 Å². The highest BCUT2D eigenvalue weighted by Gasteiger charge is 2.18. The average molecular weight is 370 g/mol. The minimum Gasteiger partial charge on any atom is -0.497 e. The fourth-order valence-corrected chi connectivity index (χ4v) is 3.00. The van der Waals surface area contributed by atoms with Crippen molar-refractivity contribution in [3.63, 3.8) is 0 Å². The third kappa shape index (κ3) is 4.92. The topological polar surface area (TPSA) is 60.0 Å². The zero-order valence-electron chi connectivity index (χ0n) is 16.0. The number of nitrogens with one attached hydrogen (secondary N) is 1. The number of benzene rings is 2. The number of amides is 1. The maximum absolute atomic E-state index is 12.8. The molecule has 6 nitrogen and oxygen atoms in total. The predicted molar refractivity (Wildman–Crippen MR) is 106 cm³/mol. The Labute approximate surface area is 160 Å². The third-order valence-electron chi connectivity index (χ3n) is 4.27. The molecule has 0 aromatic heterocycles. The summed E-state index contributed by atoms with van der Waals surface area (Å²) in [7, 11) is 1.61. The van der Waals surface area contributed by atoms with Crippen LogP contribution in [0, 0.1) is 0 Å². The molecule has 3 rings (SSSR count). The number of hydrogen-bond acceptors (Lipinski definition) is 5. The van der Waals surface area contributed by atoms with Crippen molar-refractivity contribution in [1.82, 2.24) is 0 Å². The van der Waals surface area contributed by atoms with Crippen LogP contribution in [0.4, 0.5) is 11.4 Å². The molecule has 0 atom stereocenters. The number of ether oxygens (including phenoxy) is 3. The van der Waals surface area contributed by atoms with E-state index in [1.165, 1.54) is 0 Å².